The minimum atomic E-state index is -0.510. The van der Waals surface area contributed by atoms with E-state index in [1.807, 2.05) is 31.2 Å². The first-order valence-corrected chi connectivity index (χ1v) is 8.48. The average molecular weight is 381 g/mol. The van der Waals surface area contributed by atoms with Crippen LogP contribution in [0.3, 0.4) is 0 Å². The van der Waals surface area contributed by atoms with Gasteiger partial charge in [-0.3, -0.25) is 0 Å². The number of hydrogen-bond acceptors (Lipinski definition) is 3. The smallest absolute Gasteiger partial charge is 0.338 e. The zero-order valence-corrected chi connectivity index (χ0v) is 15.1. The van der Waals surface area contributed by atoms with Gasteiger partial charge in [-0.05, 0) is 38.0 Å². The van der Waals surface area contributed by atoms with Gasteiger partial charge in [-0.15, -0.1) is 0 Å². The summed E-state index contributed by atoms with van der Waals surface area (Å²) >= 11 is 3.39. The average Bonchev–Trinajstić information content (AvgIpc) is 2.46. The number of rotatable bonds is 5. The number of carbonyl (C=O) groups is 2. The summed E-state index contributed by atoms with van der Waals surface area (Å²) in [5, 5.41) is 5.57. The van der Waals surface area contributed by atoms with Crippen molar-refractivity contribution in [3.63, 3.8) is 0 Å². The molecule has 0 radical (unpaired) electrons. The van der Waals surface area contributed by atoms with Gasteiger partial charge in [0.15, 0.2) is 0 Å². The maximum absolute atomic E-state index is 12.6. The van der Waals surface area contributed by atoms with Crippen LogP contribution in [-0.4, -0.2) is 18.1 Å². The predicted molar refractivity (Wildman–Crippen MR) is 91.7 cm³/mol. The highest BCUT2D eigenvalue weighted by Crippen LogP contribution is 2.30. The van der Waals surface area contributed by atoms with Crippen LogP contribution >= 0.6 is 15.9 Å². The van der Waals surface area contributed by atoms with E-state index in [0.717, 1.165) is 16.5 Å². The molecule has 0 spiro atoms. The molecular weight excluding hydrogens is 360 g/mol. The Labute approximate surface area is 144 Å². The maximum atomic E-state index is 12.6. The third-order valence-corrected chi connectivity index (χ3v) is 3.95. The van der Waals surface area contributed by atoms with Crippen molar-refractivity contribution < 1.29 is 14.3 Å². The summed E-state index contributed by atoms with van der Waals surface area (Å²) < 4.78 is 6.32. The second-order valence-electron chi connectivity index (χ2n) is 5.68. The third-order valence-electron chi connectivity index (χ3n) is 3.42. The summed E-state index contributed by atoms with van der Waals surface area (Å²) in [4.78, 5) is 24.5. The standard InChI is InChI=1S/C17H21BrN2O3/c1-4-5-13-14(16(21)23-10(2)3)15(20-17(22)19-13)11-6-8-12(18)9-7-11/h6-10,15H,4-5H2,1-3H3,(H2,19,20,22). The number of urea groups is 1. The van der Waals surface area contributed by atoms with Crippen molar-refractivity contribution in [3.8, 4) is 0 Å². The lowest BCUT2D eigenvalue weighted by atomic mass is 9.94. The lowest BCUT2D eigenvalue weighted by Gasteiger charge is -2.29. The Kier molecular flexibility index (Phi) is 5.82. The molecule has 0 saturated carbocycles. The Bertz CT molecular complexity index is 623. The summed E-state index contributed by atoms with van der Waals surface area (Å²) in [7, 11) is 0. The van der Waals surface area contributed by atoms with Crippen LogP contribution in [0, 0.1) is 0 Å². The quantitative estimate of drug-likeness (QED) is 0.763. The van der Waals surface area contributed by atoms with Gasteiger partial charge in [0.05, 0.1) is 17.7 Å². The largest absolute Gasteiger partial charge is 0.459 e. The summed E-state index contributed by atoms with van der Waals surface area (Å²) in [5.74, 6) is -0.399. The molecule has 5 nitrogen and oxygen atoms in total. The first-order chi connectivity index (χ1) is 10.9. The van der Waals surface area contributed by atoms with E-state index in [1.165, 1.54) is 0 Å². The van der Waals surface area contributed by atoms with E-state index in [2.05, 4.69) is 26.6 Å². The lowest BCUT2D eigenvalue weighted by molar-refractivity contribution is -0.143. The molecule has 23 heavy (non-hydrogen) atoms. The number of esters is 1. The van der Waals surface area contributed by atoms with Crippen LogP contribution in [0.15, 0.2) is 40.0 Å². The molecule has 0 saturated heterocycles. The van der Waals surface area contributed by atoms with Crippen molar-refractivity contribution in [1.82, 2.24) is 10.6 Å². The third kappa shape index (κ3) is 4.34. The SMILES string of the molecule is CCCC1=C(C(=O)OC(C)C)C(c2ccc(Br)cc2)NC(=O)N1. The minimum Gasteiger partial charge on any atom is -0.459 e. The fourth-order valence-corrected chi connectivity index (χ4v) is 2.75. The Balaban J connectivity index is 2.47. The van der Waals surface area contributed by atoms with Gasteiger partial charge in [-0.1, -0.05) is 41.4 Å². The van der Waals surface area contributed by atoms with Crippen molar-refractivity contribution in [3.05, 3.63) is 45.6 Å². The van der Waals surface area contributed by atoms with Gasteiger partial charge in [0.2, 0.25) is 0 Å². The van der Waals surface area contributed by atoms with Crippen molar-refractivity contribution >= 4 is 27.9 Å². The molecule has 0 fully saturated rings. The Hall–Kier alpha value is -1.82. The summed E-state index contributed by atoms with van der Waals surface area (Å²) in [6, 6.07) is 6.72. The zero-order chi connectivity index (χ0) is 17.0. The van der Waals surface area contributed by atoms with Crippen LogP contribution in [0.1, 0.15) is 45.2 Å². The Morgan fingerprint density at radius 3 is 2.52 bits per heavy atom. The summed E-state index contributed by atoms with van der Waals surface area (Å²) in [6.45, 7) is 5.62. The van der Waals surface area contributed by atoms with Crippen LogP contribution in [0.4, 0.5) is 4.79 Å². The summed E-state index contributed by atoms with van der Waals surface area (Å²) in [6.07, 6.45) is 1.21. The van der Waals surface area contributed by atoms with E-state index in [4.69, 9.17) is 4.74 Å². The fourth-order valence-electron chi connectivity index (χ4n) is 2.49. The highest BCUT2D eigenvalue weighted by molar-refractivity contribution is 9.10. The van der Waals surface area contributed by atoms with Crippen LogP contribution in [0.5, 0.6) is 0 Å². The molecule has 1 aromatic rings. The van der Waals surface area contributed by atoms with Gasteiger partial charge in [-0.25, -0.2) is 9.59 Å². The van der Waals surface area contributed by atoms with Crippen molar-refractivity contribution in [1.29, 1.82) is 0 Å². The number of carbonyl (C=O) groups excluding carboxylic acids is 2. The number of benzene rings is 1. The molecule has 2 amide bonds. The van der Waals surface area contributed by atoms with E-state index in [9.17, 15) is 9.59 Å². The highest BCUT2D eigenvalue weighted by atomic mass is 79.9. The Morgan fingerprint density at radius 2 is 1.96 bits per heavy atom. The van der Waals surface area contributed by atoms with Gasteiger partial charge in [0, 0.05) is 10.2 Å². The Morgan fingerprint density at radius 1 is 1.30 bits per heavy atom. The molecule has 124 valence electrons. The zero-order valence-electron chi connectivity index (χ0n) is 13.5. The number of hydrogen-bond donors (Lipinski definition) is 2. The molecule has 0 aromatic heterocycles. The molecule has 1 aliphatic heterocycles. The molecule has 0 aliphatic carbocycles. The molecule has 1 aromatic carbocycles. The molecule has 0 bridgehead atoms. The monoisotopic (exact) mass is 380 g/mol. The lowest BCUT2D eigenvalue weighted by Crippen LogP contribution is -2.46. The van der Waals surface area contributed by atoms with Gasteiger partial charge < -0.3 is 15.4 Å². The van der Waals surface area contributed by atoms with E-state index in [-0.39, 0.29) is 12.1 Å². The van der Waals surface area contributed by atoms with Gasteiger partial charge in [0.25, 0.3) is 0 Å². The van der Waals surface area contributed by atoms with Crippen molar-refractivity contribution in [2.24, 2.45) is 0 Å². The van der Waals surface area contributed by atoms with Gasteiger partial charge >= 0.3 is 12.0 Å². The number of amides is 2. The second kappa shape index (κ2) is 7.64. The van der Waals surface area contributed by atoms with E-state index < -0.39 is 12.0 Å². The van der Waals surface area contributed by atoms with Crippen LogP contribution in [0.2, 0.25) is 0 Å². The molecular formula is C17H21BrN2O3. The van der Waals surface area contributed by atoms with Crippen LogP contribution in [-0.2, 0) is 9.53 Å². The molecule has 1 atom stereocenters. The summed E-state index contributed by atoms with van der Waals surface area (Å²) in [5.41, 5.74) is 1.95. The van der Waals surface area contributed by atoms with Crippen molar-refractivity contribution in [2.45, 2.75) is 45.8 Å². The molecule has 6 heteroatoms. The maximum Gasteiger partial charge on any atom is 0.338 e. The molecule has 2 N–H and O–H groups in total. The van der Waals surface area contributed by atoms with Crippen LogP contribution in [0.25, 0.3) is 0 Å². The topological polar surface area (TPSA) is 67.4 Å². The van der Waals surface area contributed by atoms with Crippen LogP contribution < -0.4 is 10.6 Å². The van der Waals surface area contributed by atoms with E-state index in [1.54, 1.807) is 13.8 Å². The number of allylic oxidation sites excluding steroid dienone is 1. The van der Waals surface area contributed by atoms with Gasteiger partial charge in [-0.2, -0.15) is 0 Å². The molecule has 1 heterocycles. The number of ether oxygens (including phenoxy) is 1. The van der Waals surface area contributed by atoms with Crippen molar-refractivity contribution in [2.75, 3.05) is 0 Å². The van der Waals surface area contributed by atoms with E-state index in [0.29, 0.717) is 17.7 Å². The predicted octanol–water partition coefficient (Wildman–Crippen LogP) is 3.81. The number of halogens is 1. The van der Waals surface area contributed by atoms with E-state index >= 15 is 0 Å². The number of nitrogens with one attached hydrogen (secondary N) is 2. The highest BCUT2D eigenvalue weighted by Gasteiger charge is 2.33. The molecule has 1 unspecified atom stereocenters. The normalized spacial score (nSPS) is 17.8. The second-order valence-corrected chi connectivity index (χ2v) is 6.59. The first kappa shape index (κ1) is 17.5. The molecule has 2 rings (SSSR count). The fraction of sp³-hybridized carbons (Fsp3) is 0.412. The van der Waals surface area contributed by atoms with Gasteiger partial charge in [0.1, 0.15) is 0 Å². The molecule has 1 aliphatic rings. The first-order valence-electron chi connectivity index (χ1n) is 7.69. The minimum absolute atomic E-state index is 0.221.